The van der Waals surface area contributed by atoms with Gasteiger partial charge in [0.1, 0.15) is 11.5 Å². The number of amidine groups is 1. The van der Waals surface area contributed by atoms with E-state index in [0.29, 0.717) is 5.92 Å². The van der Waals surface area contributed by atoms with Crippen molar-refractivity contribution in [2.75, 3.05) is 7.05 Å². The molecule has 1 N–H and O–H groups in total. The van der Waals surface area contributed by atoms with Crippen LogP contribution >= 0.6 is 0 Å². The van der Waals surface area contributed by atoms with Gasteiger partial charge in [0.2, 0.25) is 0 Å². The molecule has 0 spiro atoms. The normalized spacial score (nSPS) is 19.6. The number of aromatic nitrogens is 2. The average Bonchev–Trinajstić information content (AvgIpc) is 3.80. The molecule has 0 saturated carbocycles. The fourth-order valence-electron chi connectivity index (χ4n) is 9.66. The number of nitrogens with zero attached hydrogens (tertiary/aromatic N) is 4. The van der Waals surface area contributed by atoms with Crippen molar-refractivity contribution in [3.63, 3.8) is 0 Å². The summed E-state index contributed by atoms with van der Waals surface area (Å²) in [5.41, 5.74) is 12.7. The van der Waals surface area contributed by atoms with E-state index in [-0.39, 0.29) is 6.29 Å². The number of hydrogen-bond acceptors (Lipinski definition) is 3. The molecule has 7 aromatic carbocycles. The number of para-hydroxylation sites is 3. The van der Waals surface area contributed by atoms with Gasteiger partial charge in [-0.25, -0.2) is 9.89 Å². The molecular weight excluding hydrogens is 719 g/mol. The molecular formula is C54H45N5. The number of fused-ring (bicyclic) bond motifs is 6. The lowest BCUT2D eigenvalue weighted by molar-refractivity contribution is 0.0297. The van der Waals surface area contributed by atoms with Crippen LogP contribution in [0, 0.1) is 5.92 Å². The Bertz CT molecular complexity index is 3150. The Morgan fingerprint density at radius 2 is 1.22 bits per heavy atom. The third kappa shape index (κ3) is 5.60. The van der Waals surface area contributed by atoms with Crippen molar-refractivity contribution in [3.8, 4) is 16.8 Å². The molecule has 11 rings (SSSR count). The fraction of sp³-hybridized carbons (Fsp3) is 0.130. The fourth-order valence-corrected chi connectivity index (χ4v) is 9.66. The highest BCUT2D eigenvalue weighted by Gasteiger charge is 2.42. The highest BCUT2D eigenvalue weighted by molar-refractivity contribution is 6.13. The molecule has 0 radical (unpaired) electrons. The highest BCUT2D eigenvalue weighted by atomic mass is 15.5. The van der Waals surface area contributed by atoms with Crippen LogP contribution in [0.15, 0.2) is 193 Å². The molecule has 1 aliphatic carbocycles. The van der Waals surface area contributed by atoms with Crippen LogP contribution in [0.25, 0.3) is 66.0 Å². The molecule has 0 saturated heterocycles. The van der Waals surface area contributed by atoms with Crippen molar-refractivity contribution >= 4 is 55.0 Å². The molecule has 9 aromatic rings. The molecule has 2 aromatic heterocycles. The van der Waals surface area contributed by atoms with Gasteiger partial charge < -0.3 is 14.5 Å². The molecule has 3 heterocycles. The van der Waals surface area contributed by atoms with E-state index in [1.807, 2.05) is 0 Å². The van der Waals surface area contributed by atoms with Crippen LogP contribution in [0.1, 0.15) is 43.2 Å². The van der Waals surface area contributed by atoms with E-state index in [1.165, 1.54) is 66.1 Å². The third-order valence-corrected chi connectivity index (χ3v) is 12.9. The third-order valence-electron chi connectivity index (χ3n) is 12.9. The Labute approximate surface area is 344 Å². The Morgan fingerprint density at radius 1 is 0.593 bits per heavy atom. The first-order chi connectivity index (χ1) is 29.0. The van der Waals surface area contributed by atoms with Gasteiger partial charge in [0.25, 0.3) is 0 Å². The van der Waals surface area contributed by atoms with E-state index in [1.54, 1.807) is 0 Å². The molecule has 0 bridgehead atoms. The topological polar surface area (TPSA) is 37.5 Å². The number of hydrogen-bond donors (Lipinski definition) is 1. The second-order valence-electron chi connectivity index (χ2n) is 16.3. The minimum atomic E-state index is -0.543. The molecule has 0 fully saturated rings. The molecule has 5 heteroatoms. The van der Waals surface area contributed by atoms with Gasteiger partial charge in [-0.1, -0.05) is 146 Å². The van der Waals surface area contributed by atoms with Crippen molar-refractivity contribution < 1.29 is 0 Å². The van der Waals surface area contributed by atoms with Crippen molar-refractivity contribution in [3.05, 3.63) is 205 Å². The van der Waals surface area contributed by atoms with Gasteiger partial charge in [-0.15, -0.1) is 0 Å². The average molecular weight is 764 g/mol. The molecule has 1 aliphatic heterocycles. The number of benzene rings is 7. The monoisotopic (exact) mass is 763 g/mol. The lowest BCUT2D eigenvalue weighted by atomic mass is 9.83. The molecule has 59 heavy (non-hydrogen) atoms. The minimum absolute atomic E-state index is 0.332. The van der Waals surface area contributed by atoms with Crippen LogP contribution in [0.4, 0.5) is 0 Å². The minimum Gasteiger partial charge on any atom is -0.348 e. The first-order valence-corrected chi connectivity index (χ1v) is 20.7. The largest absolute Gasteiger partial charge is 0.348 e. The van der Waals surface area contributed by atoms with E-state index in [4.69, 9.17) is 4.99 Å². The summed E-state index contributed by atoms with van der Waals surface area (Å²) < 4.78 is 4.87. The Kier molecular flexibility index (Phi) is 8.28. The summed E-state index contributed by atoms with van der Waals surface area (Å²) in [7, 11) is 2.19. The van der Waals surface area contributed by atoms with Crippen LogP contribution < -0.4 is 5.32 Å². The number of rotatable bonds is 6. The van der Waals surface area contributed by atoms with Crippen molar-refractivity contribution in [1.82, 2.24) is 19.4 Å². The quantitative estimate of drug-likeness (QED) is 0.183. The molecule has 3 atom stereocenters. The first kappa shape index (κ1) is 35.2. The van der Waals surface area contributed by atoms with Crippen molar-refractivity contribution in [2.45, 2.75) is 32.2 Å². The van der Waals surface area contributed by atoms with Gasteiger partial charge >= 0.3 is 0 Å². The van der Waals surface area contributed by atoms with Crippen LogP contribution in [0.3, 0.4) is 0 Å². The number of aliphatic imine (C=N–C) groups is 1. The van der Waals surface area contributed by atoms with Crippen molar-refractivity contribution in [2.24, 2.45) is 10.9 Å². The van der Waals surface area contributed by atoms with Crippen LogP contribution in [0.2, 0.25) is 0 Å². The Morgan fingerprint density at radius 3 is 1.97 bits per heavy atom. The van der Waals surface area contributed by atoms with Gasteiger partial charge in [-0.3, -0.25) is 0 Å². The predicted octanol–water partition coefficient (Wildman–Crippen LogP) is 12.8. The van der Waals surface area contributed by atoms with Crippen LogP contribution in [-0.2, 0) is 5.66 Å². The zero-order valence-electron chi connectivity index (χ0n) is 33.5. The van der Waals surface area contributed by atoms with Gasteiger partial charge in [-0.2, -0.15) is 0 Å². The predicted molar refractivity (Wildman–Crippen MR) is 247 cm³/mol. The maximum absolute atomic E-state index is 5.53. The Hall–Kier alpha value is -6.95. The van der Waals surface area contributed by atoms with Crippen LogP contribution in [0.5, 0.6) is 0 Å². The van der Waals surface area contributed by atoms with E-state index in [0.717, 1.165) is 28.9 Å². The summed E-state index contributed by atoms with van der Waals surface area (Å²) in [5.74, 6) is 1.27. The molecule has 2 aliphatic rings. The van der Waals surface area contributed by atoms with E-state index < -0.39 is 5.66 Å². The highest BCUT2D eigenvalue weighted by Crippen LogP contribution is 2.45. The van der Waals surface area contributed by atoms with Gasteiger partial charge in [0.05, 0.1) is 22.1 Å². The summed E-state index contributed by atoms with van der Waals surface area (Å²) >= 11 is 0. The second-order valence-corrected chi connectivity index (χ2v) is 16.3. The zero-order valence-corrected chi connectivity index (χ0v) is 33.5. The first-order valence-electron chi connectivity index (χ1n) is 20.7. The van der Waals surface area contributed by atoms with E-state index in [2.05, 4.69) is 228 Å². The smallest absolute Gasteiger partial charge is 0.187 e. The lowest BCUT2D eigenvalue weighted by Gasteiger charge is -2.47. The standard InChI is InChI=1S/C54H45N5/c1-36-19-13-14-26-41(36)45-35-51-47(43-28-15-17-29-48(43)58(51)40-24-11-6-12-25-40)34-44(45)38-31-32-50-46(33-38)42-27-16-18-30-49(42)59(50)53-55-52(37-20-7-4-8-21-37)56-54(2,57(53)3)39-22-9-5-10-23-39/h4-18,20-36,53H,19H2,1-3H3,(H,55,56). The molecule has 3 unspecified atom stereocenters. The van der Waals surface area contributed by atoms with E-state index in [9.17, 15) is 0 Å². The maximum Gasteiger partial charge on any atom is 0.187 e. The summed E-state index contributed by atoms with van der Waals surface area (Å²) in [6.45, 7) is 4.62. The summed E-state index contributed by atoms with van der Waals surface area (Å²) in [6.07, 6.45) is 7.55. The molecule has 0 amide bonds. The summed E-state index contributed by atoms with van der Waals surface area (Å²) in [4.78, 5) is 7.90. The van der Waals surface area contributed by atoms with Gasteiger partial charge in [0.15, 0.2) is 6.29 Å². The zero-order chi connectivity index (χ0) is 39.7. The van der Waals surface area contributed by atoms with Crippen molar-refractivity contribution in [1.29, 1.82) is 0 Å². The Balaban J connectivity index is 1.15. The number of nitrogens with one attached hydrogen (secondary N) is 1. The van der Waals surface area contributed by atoms with Crippen LogP contribution in [-0.4, -0.2) is 26.9 Å². The second kappa shape index (κ2) is 13.9. The van der Waals surface area contributed by atoms with Gasteiger partial charge in [-0.05, 0) is 103 Å². The lowest BCUT2D eigenvalue weighted by Crippen LogP contribution is -2.59. The summed E-state index contributed by atoms with van der Waals surface area (Å²) in [5, 5.41) is 8.80. The number of allylic oxidation sites excluding steroid dienone is 4. The van der Waals surface area contributed by atoms with Gasteiger partial charge in [0, 0.05) is 32.8 Å². The SMILES string of the molecule is CC1CC=CC=C1c1cc2c(cc1-c1ccc3c(c1)c1ccccc1n3C1N=C(c3ccccc3)NC(C)(c3ccccc3)N1C)c1ccccc1n2-c1ccccc1. The summed E-state index contributed by atoms with van der Waals surface area (Å²) in [6, 6.07) is 61.7. The molecule has 5 nitrogen and oxygen atoms in total. The molecule has 286 valence electrons. The maximum atomic E-state index is 5.53. The van der Waals surface area contributed by atoms with E-state index >= 15 is 0 Å².